The van der Waals surface area contributed by atoms with Crippen molar-refractivity contribution >= 4 is 12.4 Å². The number of rotatable bonds is 5. The quantitative estimate of drug-likeness (QED) is 0.628. The fourth-order valence-electron chi connectivity index (χ4n) is 1.91. The number of primary amides is 1. The Morgan fingerprint density at radius 2 is 1.94 bits per heavy atom. The third-order valence-corrected chi connectivity index (χ3v) is 2.67. The Hall–Kier alpha value is -1.84. The van der Waals surface area contributed by atoms with E-state index < -0.39 is 6.09 Å². The predicted octanol–water partition coefficient (Wildman–Crippen LogP) is 2.14. The van der Waals surface area contributed by atoms with Crippen molar-refractivity contribution in [3.63, 3.8) is 0 Å². The molecule has 0 radical (unpaired) electrons. The fourth-order valence-corrected chi connectivity index (χ4v) is 1.91. The average Bonchev–Trinajstić information content (AvgIpc) is 2.26. The molecule has 92 valence electrons. The van der Waals surface area contributed by atoms with E-state index in [0.29, 0.717) is 12.2 Å². The summed E-state index contributed by atoms with van der Waals surface area (Å²) in [5.41, 5.74) is 8.94. The molecule has 0 atom stereocenters. The van der Waals surface area contributed by atoms with Crippen LogP contribution in [0.3, 0.4) is 0 Å². The SMILES string of the molecule is Cc1cc(C=O)cc(C)c1CCCOC(N)=O. The minimum atomic E-state index is -0.741. The standard InChI is InChI=1S/C13H17NO3/c1-9-6-11(8-15)7-10(2)12(9)4-3-5-17-13(14)16/h6-8H,3-5H2,1-2H3,(H2,14,16). The third kappa shape index (κ3) is 3.90. The van der Waals surface area contributed by atoms with Crippen LogP contribution < -0.4 is 5.73 Å². The highest BCUT2D eigenvalue weighted by atomic mass is 16.5. The van der Waals surface area contributed by atoms with Crippen molar-refractivity contribution in [2.24, 2.45) is 5.73 Å². The van der Waals surface area contributed by atoms with Crippen LogP contribution in [-0.4, -0.2) is 19.0 Å². The van der Waals surface area contributed by atoms with Crippen molar-refractivity contribution in [2.75, 3.05) is 6.61 Å². The minimum Gasteiger partial charge on any atom is -0.450 e. The van der Waals surface area contributed by atoms with E-state index in [1.54, 1.807) is 0 Å². The van der Waals surface area contributed by atoms with Gasteiger partial charge in [0, 0.05) is 5.56 Å². The number of amides is 1. The molecule has 0 bridgehead atoms. The number of carbonyl (C=O) groups is 2. The lowest BCUT2D eigenvalue weighted by molar-refractivity contribution is 0.112. The summed E-state index contributed by atoms with van der Waals surface area (Å²) < 4.78 is 4.67. The summed E-state index contributed by atoms with van der Waals surface area (Å²) in [5.74, 6) is 0. The Balaban J connectivity index is 2.65. The molecule has 0 spiro atoms. The Labute approximate surface area is 101 Å². The molecule has 0 saturated carbocycles. The van der Waals surface area contributed by atoms with Gasteiger partial charge in [-0.1, -0.05) is 0 Å². The second kappa shape index (κ2) is 6.03. The highest BCUT2D eigenvalue weighted by Gasteiger charge is 2.05. The van der Waals surface area contributed by atoms with E-state index in [1.165, 1.54) is 5.56 Å². The van der Waals surface area contributed by atoms with Crippen molar-refractivity contribution in [3.8, 4) is 0 Å². The van der Waals surface area contributed by atoms with Crippen LogP contribution in [0.15, 0.2) is 12.1 Å². The van der Waals surface area contributed by atoms with Gasteiger partial charge in [-0.15, -0.1) is 0 Å². The van der Waals surface area contributed by atoms with Crippen molar-refractivity contribution in [3.05, 3.63) is 34.4 Å². The second-order valence-corrected chi connectivity index (χ2v) is 4.02. The van der Waals surface area contributed by atoms with Crippen LogP contribution in [0.4, 0.5) is 4.79 Å². The summed E-state index contributed by atoms with van der Waals surface area (Å²) in [6, 6.07) is 3.73. The molecule has 0 unspecified atom stereocenters. The number of hydrogen-bond donors (Lipinski definition) is 1. The molecule has 1 rings (SSSR count). The second-order valence-electron chi connectivity index (χ2n) is 4.02. The van der Waals surface area contributed by atoms with Crippen molar-refractivity contribution in [2.45, 2.75) is 26.7 Å². The first-order valence-electron chi connectivity index (χ1n) is 5.52. The maximum atomic E-state index is 10.7. The fraction of sp³-hybridized carbons (Fsp3) is 0.385. The van der Waals surface area contributed by atoms with E-state index in [-0.39, 0.29) is 0 Å². The summed E-state index contributed by atoms with van der Waals surface area (Å²) in [7, 11) is 0. The largest absolute Gasteiger partial charge is 0.450 e. The molecule has 0 heterocycles. The van der Waals surface area contributed by atoms with Crippen LogP contribution in [0.1, 0.15) is 33.5 Å². The lowest BCUT2D eigenvalue weighted by Crippen LogP contribution is -2.14. The number of ether oxygens (including phenoxy) is 1. The zero-order valence-electron chi connectivity index (χ0n) is 10.2. The third-order valence-electron chi connectivity index (χ3n) is 2.67. The summed E-state index contributed by atoms with van der Waals surface area (Å²) in [4.78, 5) is 21.1. The van der Waals surface area contributed by atoms with Gasteiger partial charge in [0.15, 0.2) is 0 Å². The molecule has 4 nitrogen and oxygen atoms in total. The van der Waals surface area contributed by atoms with Crippen LogP contribution >= 0.6 is 0 Å². The molecule has 1 amide bonds. The molecule has 0 aromatic heterocycles. The van der Waals surface area contributed by atoms with Crippen molar-refractivity contribution < 1.29 is 14.3 Å². The zero-order chi connectivity index (χ0) is 12.8. The number of nitrogens with two attached hydrogens (primary N) is 1. The highest BCUT2D eigenvalue weighted by molar-refractivity contribution is 5.76. The smallest absolute Gasteiger partial charge is 0.404 e. The van der Waals surface area contributed by atoms with E-state index in [4.69, 9.17) is 5.73 Å². The molecule has 1 aromatic rings. The number of benzene rings is 1. The molecule has 1 aromatic carbocycles. The monoisotopic (exact) mass is 235 g/mol. The van der Waals surface area contributed by atoms with E-state index in [1.807, 2.05) is 26.0 Å². The van der Waals surface area contributed by atoms with E-state index >= 15 is 0 Å². The van der Waals surface area contributed by atoms with E-state index in [2.05, 4.69) is 4.74 Å². The molecule has 0 aliphatic rings. The first-order chi connectivity index (χ1) is 8.04. The lowest BCUT2D eigenvalue weighted by Gasteiger charge is -2.10. The lowest BCUT2D eigenvalue weighted by atomic mass is 9.96. The van der Waals surface area contributed by atoms with E-state index in [9.17, 15) is 9.59 Å². The maximum absolute atomic E-state index is 10.7. The van der Waals surface area contributed by atoms with Crippen LogP contribution in [0, 0.1) is 13.8 Å². The molecule has 0 fully saturated rings. The van der Waals surface area contributed by atoms with Crippen LogP contribution in [0.25, 0.3) is 0 Å². The summed E-state index contributed by atoms with van der Waals surface area (Å²) >= 11 is 0. The van der Waals surface area contributed by atoms with E-state index in [0.717, 1.165) is 30.3 Å². The van der Waals surface area contributed by atoms with Crippen LogP contribution in [0.5, 0.6) is 0 Å². The molecule has 0 aliphatic carbocycles. The summed E-state index contributed by atoms with van der Waals surface area (Å²) in [5, 5.41) is 0. The minimum absolute atomic E-state index is 0.323. The van der Waals surface area contributed by atoms with Crippen molar-refractivity contribution in [1.82, 2.24) is 0 Å². The van der Waals surface area contributed by atoms with Gasteiger partial charge in [-0.05, 0) is 55.5 Å². The first-order valence-corrected chi connectivity index (χ1v) is 5.52. The van der Waals surface area contributed by atoms with Gasteiger partial charge < -0.3 is 10.5 Å². The van der Waals surface area contributed by atoms with Gasteiger partial charge in [0.1, 0.15) is 6.29 Å². The van der Waals surface area contributed by atoms with Gasteiger partial charge in [-0.2, -0.15) is 0 Å². The van der Waals surface area contributed by atoms with Gasteiger partial charge in [0.05, 0.1) is 6.61 Å². The van der Waals surface area contributed by atoms with Gasteiger partial charge in [0.2, 0.25) is 0 Å². The van der Waals surface area contributed by atoms with Crippen LogP contribution in [-0.2, 0) is 11.2 Å². The normalized spacial score (nSPS) is 10.0. The Bertz CT molecular complexity index is 404. The zero-order valence-corrected chi connectivity index (χ0v) is 10.2. The number of carbonyl (C=O) groups excluding carboxylic acids is 2. The molecule has 4 heteroatoms. The van der Waals surface area contributed by atoms with Gasteiger partial charge >= 0.3 is 6.09 Å². The average molecular weight is 235 g/mol. The summed E-state index contributed by atoms with van der Waals surface area (Å²) in [6.07, 6.45) is 1.64. The van der Waals surface area contributed by atoms with Gasteiger partial charge in [-0.25, -0.2) is 4.79 Å². The molecular weight excluding hydrogens is 218 g/mol. The highest BCUT2D eigenvalue weighted by Crippen LogP contribution is 2.17. The van der Waals surface area contributed by atoms with Gasteiger partial charge in [-0.3, -0.25) is 4.79 Å². The first kappa shape index (κ1) is 13.2. The number of aldehydes is 1. The molecular formula is C13H17NO3. The Morgan fingerprint density at radius 1 is 1.35 bits per heavy atom. The Morgan fingerprint density at radius 3 is 2.41 bits per heavy atom. The number of hydrogen-bond acceptors (Lipinski definition) is 3. The van der Waals surface area contributed by atoms with Crippen LogP contribution in [0.2, 0.25) is 0 Å². The molecule has 0 aliphatic heterocycles. The summed E-state index contributed by atoms with van der Waals surface area (Å²) in [6.45, 7) is 4.28. The molecule has 17 heavy (non-hydrogen) atoms. The Kier molecular flexibility index (Phi) is 4.69. The van der Waals surface area contributed by atoms with Gasteiger partial charge in [0.25, 0.3) is 0 Å². The van der Waals surface area contributed by atoms with Crippen molar-refractivity contribution in [1.29, 1.82) is 0 Å². The maximum Gasteiger partial charge on any atom is 0.404 e. The molecule has 0 saturated heterocycles. The topological polar surface area (TPSA) is 69.4 Å². The molecule has 2 N–H and O–H groups in total. The number of aryl methyl sites for hydroxylation is 2. The predicted molar refractivity (Wildman–Crippen MR) is 65.2 cm³/mol.